The number of hydrogen-bond donors (Lipinski definition) is 1. The van der Waals surface area contributed by atoms with Crippen LogP contribution in [0.25, 0.3) is 0 Å². The van der Waals surface area contributed by atoms with E-state index < -0.39 is 5.97 Å². The van der Waals surface area contributed by atoms with Crippen LogP contribution >= 0.6 is 0 Å². The average Bonchev–Trinajstić information content (AvgIpc) is 2.28. The highest BCUT2D eigenvalue weighted by Gasteiger charge is 2.13. The molecule has 0 heterocycles. The Balaban J connectivity index is 2.65. The summed E-state index contributed by atoms with van der Waals surface area (Å²) in [7, 11) is 3.12. The fraction of sp³-hybridized carbons (Fsp3) is 0.417. The van der Waals surface area contributed by atoms with E-state index in [0.717, 1.165) is 11.3 Å². The van der Waals surface area contributed by atoms with Gasteiger partial charge in [0.1, 0.15) is 5.75 Å². The zero-order valence-corrected chi connectivity index (χ0v) is 9.47. The predicted octanol–water partition coefficient (Wildman–Crippen LogP) is 1.73. The molecule has 0 saturated carbocycles. The Morgan fingerprint density at radius 2 is 2.19 bits per heavy atom. The molecule has 1 atom stereocenters. The van der Waals surface area contributed by atoms with Gasteiger partial charge in [0.25, 0.3) is 0 Å². The molecule has 0 aliphatic heterocycles. The fourth-order valence-corrected chi connectivity index (χ4v) is 1.50. The summed E-state index contributed by atoms with van der Waals surface area (Å²) in [6.45, 7) is 0. The van der Waals surface area contributed by atoms with Crippen molar-refractivity contribution in [1.82, 2.24) is 0 Å². The van der Waals surface area contributed by atoms with Gasteiger partial charge in [-0.15, -0.1) is 0 Å². The molecule has 0 amide bonds. The van der Waals surface area contributed by atoms with Crippen LogP contribution in [0.15, 0.2) is 24.3 Å². The molecule has 0 fully saturated rings. The van der Waals surface area contributed by atoms with Crippen LogP contribution in [-0.4, -0.2) is 31.4 Å². The van der Waals surface area contributed by atoms with Crippen molar-refractivity contribution < 1.29 is 19.4 Å². The summed E-state index contributed by atoms with van der Waals surface area (Å²) in [6.07, 6.45) is 0.276. The Morgan fingerprint density at radius 3 is 2.75 bits per heavy atom. The maximum absolute atomic E-state index is 10.6. The summed E-state index contributed by atoms with van der Waals surface area (Å²) >= 11 is 0. The zero-order valence-electron chi connectivity index (χ0n) is 9.47. The molecule has 4 nitrogen and oxygen atoms in total. The van der Waals surface area contributed by atoms with Gasteiger partial charge in [-0.25, -0.2) is 0 Å². The molecule has 0 aliphatic carbocycles. The Morgan fingerprint density at radius 1 is 1.44 bits per heavy atom. The number of aliphatic carboxylic acids is 1. The summed E-state index contributed by atoms with van der Waals surface area (Å²) in [5.41, 5.74) is 1.01. The summed E-state index contributed by atoms with van der Waals surface area (Å²) in [5, 5.41) is 8.69. The first-order chi connectivity index (χ1) is 7.65. The molecular weight excluding hydrogens is 208 g/mol. The largest absolute Gasteiger partial charge is 0.497 e. The number of methoxy groups -OCH3 is 2. The van der Waals surface area contributed by atoms with Gasteiger partial charge in [0.15, 0.2) is 0 Å². The van der Waals surface area contributed by atoms with Crippen molar-refractivity contribution in [1.29, 1.82) is 0 Å². The van der Waals surface area contributed by atoms with Crippen LogP contribution in [-0.2, 0) is 16.0 Å². The summed E-state index contributed by atoms with van der Waals surface area (Å²) < 4.78 is 10.2. The van der Waals surface area contributed by atoms with Crippen molar-refractivity contribution in [3.63, 3.8) is 0 Å². The maximum Gasteiger partial charge on any atom is 0.305 e. The summed E-state index contributed by atoms with van der Waals surface area (Å²) in [4.78, 5) is 10.6. The van der Waals surface area contributed by atoms with E-state index in [1.807, 2.05) is 24.3 Å². The molecular formula is C12H16O4. The Bertz CT molecular complexity index is 349. The number of benzene rings is 1. The summed E-state index contributed by atoms with van der Waals surface area (Å²) in [5.74, 6) is -0.0857. The number of ether oxygens (including phenoxy) is 2. The molecule has 0 aliphatic rings. The molecule has 0 aromatic heterocycles. The van der Waals surface area contributed by atoms with E-state index in [-0.39, 0.29) is 12.5 Å². The fourth-order valence-electron chi connectivity index (χ4n) is 1.50. The number of carboxylic acid groups (broad SMARTS) is 1. The van der Waals surface area contributed by atoms with Gasteiger partial charge >= 0.3 is 5.97 Å². The van der Waals surface area contributed by atoms with Crippen LogP contribution in [0.5, 0.6) is 5.75 Å². The van der Waals surface area contributed by atoms with Crippen LogP contribution in [0.4, 0.5) is 0 Å². The highest BCUT2D eigenvalue weighted by molar-refractivity contribution is 5.67. The normalized spacial score (nSPS) is 12.1. The Hall–Kier alpha value is -1.55. The second-order valence-corrected chi connectivity index (χ2v) is 3.51. The quantitative estimate of drug-likeness (QED) is 0.799. The monoisotopic (exact) mass is 224 g/mol. The SMILES string of the molecule is COc1cccc(CC(CC(=O)O)OC)c1. The summed E-state index contributed by atoms with van der Waals surface area (Å²) in [6, 6.07) is 7.54. The Labute approximate surface area is 94.8 Å². The topological polar surface area (TPSA) is 55.8 Å². The lowest BCUT2D eigenvalue weighted by Gasteiger charge is -2.13. The van der Waals surface area contributed by atoms with Crippen LogP contribution in [0.3, 0.4) is 0 Å². The number of rotatable bonds is 6. The van der Waals surface area contributed by atoms with Crippen molar-refractivity contribution in [2.75, 3.05) is 14.2 Å². The van der Waals surface area contributed by atoms with E-state index in [1.165, 1.54) is 7.11 Å². The van der Waals surface area contributed by atoms with Crippen molar-refractivity contribution in [2.45, 2.75) is 18.9 Å². The van der Waals surface area contributed by atoms with Gasteiger partial charge in [0.2, 0.25) is 0 Å². The van der Waals surface area contributed by atoms with Crippen LogP contribution in [0, 0.1) is 0 Å². The molecule has 0 radical (unpaired) electrons. The van der Waals surface area contributed by atoms with Crippen LogP contribution < -0.4 is 4.74 Å². The molecule has 1 unspecified atom stereocenters. The van der Waals surface area contributed by atoms with Gasteiger partial charge in [0, 0.05) is 7.11 Å². The van der Waals surface area contributed by atoms with E-state index >= 15 is 0 Å². The van der Waals surface area contributed by atoms with Crippen molar-refractivity contribution >= 4 is 5.97 Å². The van der Waals surface area contributed by atoms with Gasteiger partial charge in [-0.2, -0.15) is 0 Å². The van der Waals surface area contributed by atoms with Gasteiger partial charge < -0.3 is 14.6 Å². The van der Waals surface area contributed by atoms with E-state index in [9.17, 15) is 4.79 Å². The maximum atomic E-state index is 10.6. The molecule has 1 rings (SSSR count). The van der Waals surface area contributed by atoms with Crippen molar-refractivity contribution in [3.8, 4) is 5.75 Å². The average molecular weight is 224 g/mol. The Kier molecular flexibility index (Phi) is 4.79. The molecule has 0 saturated heterocycles. The van der Waals surface area contributed by atoms with Crippen LogP contribution in [0.2, 0.25) is 0 Å². The highest BCUT2D eigenvalue weighted by Crippen LogP contribution is 2.15. The predicted molar refractivity (Wildman–Crippen MR) is 59.7 cm³/mol. The third kappa shape index (κ3) is 3.90. The third-order valence-electron chi connectivity index (χ3n) is 2.33. The number of carbonyl (C=O) groups is 1. The molecule has 0 bridgehead atoms. The zero-order chi connectivity index (χ0) is 12.0. The standard InChI is InChI=1S/C12H16O4/c1-15-10-5-3-4-9(6-10)7-11(16-2)8-12(13)14/h3-6,11H,7-8H2,1-2H3,(H,13,14). The second kappa shape index (κ2) is 6.12. The molecule has 4 heteroatoms. The molecule has 1 aromatic rings. The van der Waals surface area contributed by atoms with Gasteiger partial charge in [-0.1, -0.05) is 12.1 Å². The van der Waals surface area contributed by atoms with E-state index in [2.05, 4.69) is 0 Å². The van der Waals surface area contributed by atoms with Gasteiger partial charge in [-0.3, -0.25) is 4.79 Å². The third-order valence-corrected chi connectivity index (χ3v) is 2.33. The number of hydrogen-bond acceptors (Lipinski definition) is 3. The number of carboxylic acids is 1. The van der Waals surface area contributed by atoms with Gasteiger partial charge in [0.05, 0.1) is 19.6 Å². The molecule has 1 N–H and O–H groups in total. The molecule has 0 spiro atoms. The first-order valence-electron chi connectivity index (χ1n) is 5.03. The van der Waals surface area contributed by atoms with Gasteiger partial charge in [-0.05, 0) is 24.1 Å². The van der Waals surface area contributed by atoms with E-state index in [4.69, 9.17) is 14.6 Å². The smallest absolute Gasteiger partial charge is 0.305 e. The van der Waals surface area contributed by atoms with E-state index in [0.29, 0.717) is 6.42 Å². The second-order valence-electron chi connectivity index (χ2n) is 3.51. The minimum atomic E-state index is -0.852. The lowest BCUT2D eigenvalue weighted by atomic mass is 10.1. The first kappa shape index (κ1) is 12.5. The molecule has 1 aromatic carbocycles. The first-order valence-corrected chi connectivity index (χ1v) is 5.03. The molecule has 88 valence electrons. The van der Waals surface area contributed by atoms with Crippen molar-refractivity contribution in [3.05, 3.63) is 29.8 Å². The lowest BCUT2D eigenvalue weighted by Crippen LogP contribution is -2.18. The van der Waals surface area contributed by atoms with Crippen LogP contribution in [0.1, 0.15) is 12.0 Å². The minimum absolute atomic E-state index is 0.00765. The minimum Gasteiger partial charge on any atom is -0.497 e. The van der Waals surface area contributed by atoms with Crippen molar-refractivity contribution in [2.24, 2.45) is 0 Å². The molecule has 16 heavy (non-hydrogen) atoms. The lowest BCUT2D eigenvalue weighted by molar-refractivity contribution is -0.139. The van der Waals surface area contributed by atoms with E-state index in [1.54, 1.807) is 7.11 Å². The highest BCUT2D eigenvalue weighted by atomic mass is 16.5.